The molecule has 12 nitrogen and oxygen atoms in total. The summed E-state index contributed by atoms with van der Waals surface area (Å²) < 4.78 is 36.0. The summed E-state index contributed by atoms with van der Waals surface area (Å²) >= 11 is 0. The number of piperazine rings is 1. The van der Waals surface area contributed by atoms with Crippen molar-refractivity contribution in [3.63, 3.8) is 0 Å². The number of aromatic nitrogens is 1. The summed E-state index contributed by atoms with van der Waals surface area (Å²) in [6.45, 7) is 3.70. The van der Waals surface area contributed by atoms with Gasteiger partial charge in [0.25, 0.3) is 11.8 Å². The Balaban J connectivity index is 1.30. The molecular weight excluding hydrogens is 657 g/mol. The molecule has 0 atom stereocenters. The van der Waals surface area contributed by atoms with Crippen LogP contribution in [-0.2, 0) is 21.5 Å². The third-order valence-corrected chi connectivity index (χ3v) is 12.1. The lowest BCUT2D eigenvalue weighted by Crippen LogP contribution is -2.54. The van der Waals surface area contributed by atoms with Gasteiger partial charge >= 0.3 is 16.2 Å². The summed E-state index contributed by atoms with van der Waals surface area (Å²) in [6, 6.07) is 11.4. The topological polar surface area (TPSA) is 124 Å². The number of hydrogen-bond acceptors (Lipinski definition) is 6. The summed E-state index contributed by atoms with van der Waals surface area (Å²) in [5, 5.41) is 1.00. The van der Waals surface area contributed by atoms with E-state index in [0.717, 1.165) is 83.6 Å². The number of fused-ring (bicyclic) bond motifs is 5. The highest BCUT2D eigenvalue weighted by molar-refractivity contribution is 7.87. The molecule has 1 saturated carbocycles. The molecule has 0 spiro atoms. The second kappa shape index (κ2) is 13.7. The van der Waals surface area contributed by atoms with Crippen molar-refractivity contribution in [3.05, 3.63) is 58.7 Å². The van der Waals surface area contributed by atoms with E-state index in [0.29, 0.717) is 43.4 Å². The van der Waals surface area contributed by atoms with Crippen molar-refractivity contribution >= 4 is 45.0 Å². The minimum atomic E-state index is -4.00. The Morgan fingerprint density at radius 2 is 1.52 bits per heavy atom. The number of nitrogens with zero attached hydrogens (tertiary/aromatic N) is 5. The van der Waals surface area contributed by atoms with Crippen LogP contribution in [0.2, 0.25) is 0 Å². The van der Waals surface area contributed by atoms with E-state index in [-0.39, 0.29) is 24.0 Å². The highest BCUT2D eigenvalue weighted by Crippen LogP contribution is 2.47. The lowest BCUT2D eigenvalue weighted by Gasteiger charge is -2.37. The number of hydrogen-bond donors (Lipinski definition) is 1. The smallest absolute Gasteiger partial charge is 0.320 e. The number of urea groups is 1. The number of amides is 4. The quantitative estimate of drug-likeness (QED) is 0.399. The number of ether oxygens (including phenoxy) is 1. The van der Waals surface area contributed by atoms with Crippen molar-refractivity contribution in [2.24, 2.45) is 0 Å². The van der Waals surface area contributed by atoms with Gasteiger partial charge in [-0.15, -0.1) is 0 Å². The van der Waals surface area contributed by atoms with Crippen molar-refractivity contribution < 1.29 is 27.5 Å². The second-order valence-electron chi connectivity index (χ2n) is 14.0. The molecule has 2 saturated heterocycles. The molecule has 1 aliphatic carbocycles. The van der Waals surface area contributed by atoms with Gasteiger partial charge in [-0.1, -0.05) is 25.3 Å². The first kappa shape index (κ1) is 34.1. The molecule has 4 amide bonds. The van der Waals surface area contributed by atoms with Gasteiger partial charge in [0.05, 0.1) is 19.3 Å². The fourth-order valence-electron chi connectivity index (χ4n) is 7.99. The van der Waals surface area contributed by atoms with Crippen LogP contribution < -0.4 is 9.46 Å². The van der Waals surface area contributed by atoms with Crippen LogP contribution in [0.3, 0.4) is 0 Å². The van der Waals surface area contributed by atoms with Crippen molar-refractivity contribution in [2.45, 2.75) is 57.4 Å². The van der Waals surface area contributed by atoms with Gasteiger partial charge in [-0.25, -0.2) is 9.52 Å². The van der Waals surface area contributed by atoms with Gasteiger partial charge in [-0.2, -0.15) is 12.7 Å². The molecule has 4 heterocycles. The van der Waals surface area contributed by atoms with Crippen LogP contribution in [0.5, 0.6) is 5.75 Å². The third-order valence-electron chi connectivity index (χ3n) is 10.7. The van der Waals surface area contributed by atoms with Crippen molar-refractivity contribution in [1.82, 2.24) is 28.3 Å². The number of nitrogens with one attached hydrogen (secondary N) is 1. The average Bonchev–Trinajstić information content (AvgIpc) is 3.74. The summed E-state index contributed by atoms with van der Waals surface area (Å²) in [6.07, 6.45) is 9.56. The molecule has 0 unspecified atom stereocenters. The summed E-state index contributed by atoms with van der Waals surface area (Å²) in [5.41, 5.74) is 5.66. The number of methoxy groups -OCH3 is 1. The number of likely N-dealkylation sites (tertiary alicyclic amines) is 1. The lowest BCUT2D eigenvalue weighted by atomic mass is 9.81. The normalized spacial score (nSPS) is 18.5. The van der Waals surface area contributed by atoms with Gasteiger partial charge in [-0.3, -0.25) is 9.59 Å². The van der Waals surface area contributed by atoms with E-state index in [1.807, 2.05) is 39.0 Å². The SMILES string of the molecule is COc1ccc2c(c1)C=C(C(=O)N1CCN(C(=O)N3CCCC3)CC1)Cn1c-2c(C2CCCCC2)c2ccc(C(=O)NS(=O)(=O)N(C)C)cc21. The molecule has 1 aromatic heterocycles. The standard InChI is InChI=1S/C37H46N6O6S/c1-39(2)50(47,48)38-35(44)26-11-13-31-32(23-26)43-24-28(36(45)40-17-19-42(20-18-40)37(46)41-15-7-8-16-41)21-27-22-29(49-3)12-14-30(27)34(43)33(31)25-9-5-4-6-10-25/h11-14,21-23,25H,4-10,15-20,24H2,1-3H3,(H,38,44). The second-order valence-corrected chi connectivity index (χ2v) is 15.9. The zero-order chi connectivity index (χ0) is 35.2. The van der Waals surface area contributed by atoms with Gasteiger partial charge in [0.2, 0.25) is 0 Å². The molecule has 13 heteroatoms. The van der Waals surface area contributed by atoms with Crippen LogP contribution >= 0.6 is 0 Å². The molecule has 3 aliphatic heterocycles. The summed E-state index contributed by atoms with van der Waals surface area (Å²) in [7, 11) is 0.363. The highest BCUT2D eigenvalue weighted by Gasteiger charge is 2.34. The molecule has 2 aromatic carbocycles. The number of rotatable bonds is 6. The fraction of sp³-hybridized carbons (Fsp3) is 0.486. The first-order valence-corrected chi connectivity index (χ1v) is 19.1. The number of benzene rings is 2. The van der Waals surface area contributed by atoms with Gasteiger partial charge < -0.3 is 24.0 Å². The molecule has 0 radical (unpaired) electrons. The third kappa shape index (κ3) is 6.37. The zero-order valence-corrected chi connectivity index (χ0v) is 29.9. The molecule has 50 heavy (non-hydrogen) atoms. The van der Waals surface area contributed by atoms with E-state index in [4.69, 9.17) is 4.74 Å². The first-order valence-electron chi connectivity index (χ1n) is 17.7. The van der Waals surface area contributed by atoms with Gasteiger partial charge in [0.1, 0.15) is 5.75 Å². The maximum absolute atomic E-state index is 14.4. The fourth-order valence-corrected chi connectivity index (χ4v) is 8.53. The van der Waals surface area contributed by atoms with E-state index in [1.165, 1.54) is 26.1 Å². The summed E-state index contributed by atoms with van der Waals surface area (Å²) in [5.74, 6) is 0.171. The molecule has 7 rings (SSSR count). The molecule has 0 bridgehead atoms. The Kier molecular flexibility index (Phi) is 9.38. The van der Waals surface area contributed by atoms with Gasteiger partial charge in [-0.05, 0) is 79.1 Å². The van der Waals surface area contributed by atoms with Gasteiger partial charge in [0.15, 0.2) is 0 Å². The predicted octanol–water partition coefficient (Wildman–Crippen LogP) is 4.66. The monoisotopic (exact) mass is 702 g/mol. The Hall–Kier alpha value is -4.36. The first-order chi connectivity index (χ1) is 24.1. The minimum Gasteiger partial charge on any atom is -0.497 e. The average molecular weight is 703 g/mol. The maximum atomic E-state index is 14.4. The van der Waals surface area contributed by atoms with Crippen LogP contribution in [0.1, 0.15) is 72.3 Å². The Labute approximate surface area is 293 Å². The number of carbonyl (C=O) groups is 3. The minimum absolute atomic E-state index is 0.0567. The Morgan fingerprint density at radius 3 is 2.20 bits per heavy atom. The van der Waals surface area contributed by atoms with E-state index in [9.17, 15) is 22.8 Å². The van der Waals surface area contributed by atoms with E-state index < -0.39 is 16.1 Å². The largest absolute Gasteiger partial charge is 0.497 e. The Morgan fingerprint density at radius 1 is 0.840 bits per heavy atom. The van der Waals surface area contributed by atoms with Crippen LogP contribution in [0.15, 0.2) is 42.0 Å². The van der Waals surface area contributed by atoms with Crippen molar-refractivity contribution in [2.75, 3.05) is 60.5 Å². The summed E-state index contributed by atoms with van der Waals surface area (Å²) in [4.78, 5) is 46.4. The molecule has 3 fully saturated rings. The van der Waals surface area contributed by atoms with E-state index >= 15 is 0 Å². The van der Waals surface area contributed by atoms with Crippen LogP contribution in [0.25, 0.3) is 28.2 Å². The molecule has 4 aliphatic rings. The molecule has 266 valence electrons. The zero-order valence-electron chi connectivity index (χ0n) is 29.1. The molecular formula is C37H46N6O6S. The molecule has 3 aromatic rings. The predicted molar refractivity (Wildman–Crippen MR) is 192 cm³/mol. The van der Waals surface area contributed by atoms with Crippen LogP contribution in [-0.4, -0.2) is 110 Å². The van der Waals surface area contributed by atoms with Crippen LogP contribution in [0.4, 0.5) is 4.79 Å². The van der Waals surface area contributed by atoms with Crippen molar-refractivity contribution in [3.8, 4) is 17.0 Å². The Bertz CT molecular complexity index is 1960. The van der Waals surface area contributed by atoms with E-state index in [1.54, 1.807) is 19.2 Å². The van der Waals surface area contributed by atoms with E-state index in [2.05, 4.69) is 15.4 Å². The molecule has 1 N–H and O–H groups in total. The number of carbonyl (C=O) groups excluding carboxylic acids is 3. The highest BCUT2D eigenvalue weighted by atomic mass is 32.2. The van der Waals surface area contributed by atoms with Crippen molar-refractivity contribution in [1.29, 1.82) is 0 Å². The maximum Gasteiger partial charge on any atom is 0.320 e. The van der Waals surface area contributed by atoms with Gasteiger partial charge in [0, 0.05) is 81.0 Å². The lowest BCUT2D eigenvalue weighted by molar-refractivity contribution is -0.128. The van der Waals surface area contributed by atoms with Crippen LogP contribution in [0, 0.1) is 0 Å².